The summed E-state index contributed by atoms with van der Waals surface area (Å²) < 4.78 is 0. The van der Waals surface area contributed by atoms with Gasteiger partial charge in [0.2, 0.25) is 0 Å². The molecule has 0 aromatic heterocycles. The molecule has 1 heteroatoms. The summed E-state index contributed by atoms with van der Waals surface area (Å²) in [5, 5.41) is 9.65. The molecule has 1 nitrogen and oxygen atoms in total. The van der Waals surface area contributed by atoms with Gasteiger partial charge < -0.3 is 5.11 Å². The zero-order chi connectivity index (χ0) is 11.6. The highest BCUT2D eigenvalue weighted by atomic mass is 16.3. The fourth-order valence-corrected chi connectivity index (χ4v) is 1.68. The summed E-state index contributed by atoms with van der Waals surface area (Å²) in [4.78, 5) is 0. The van der Waals surface area contributed by atoms with Crippen LogP contribution in [0.5, 0.6) is 0 Å². The molecule has 0 aromatic rings. The van der Waals surface area contributed by atoms with Crippen molar-refractivity contribution in [1.82, 2.24) is 0 Å². The molecule has 0 rings (SSSR count). The van der Waals surface area contributed by atoms with Crippen LogP contribution in [-0.4, -0.2) is 10.7 Å². The summed E-state index contributed by atoms with van der Waals surface area (Å²) in [5.74, 6) is 1.38. The molecule has 0 amide bonds. The zero-order valence-corrected chi connectivity index (χ0v) is 11.0. The van der Waals surface area contributed by atoms with Crippen LogP contribution in [0.2, 0.25) is 0 Å². The summed E-state index contributed by atoms with van der Waals surface area (Å²) >= 11 is 0. The molecule has 14 heavy (non-hydrogen) atoms. The van der Waals surface area contributed by atoms with E-state index in [1.165, 1.54) is 0 Å². The third-order valence-electron chi connectivity index (χ3n) is 3.43. The average Bonchev–Trinajstić information content (AvgIpc) is 1.95. The van der Waals surface area contributed by atoms with E-state index in [-0.39, 0.29) is 0 Å². The van der Waals surface area contributed by atoms with Crippen molar-refractivity contribution in [2.75, 3.05) is 0 Å². The monoisotopic (exact) mass is 200 g/mol. The summed E-state index contributed by atoms with van der Waals surface area (Å²) in [6, 6.07) is 0. The van der Waals surface area contributed by atoms with Crippen molar-refractivity contribution in [1.29, 1.82) is 0 Å². The normalized spacial score (nSPS) is 18.0. The van der Waals surface area contributed by atoms with Crippen LogP contribution in [0.1, 0.15) is 61.3 Å². The van der Waals surface area contributed by atoms with E-state index in [4.69, 9.17) is 0 Å². The van der Waals surface area contributed by atoms with Crippen LogP contribution in [0, 0.1) is 17.3 Å². The summed E-state index contributed by atoms with van der Waals surface area (Å²) in [6.07, 6.45) is 2.01. The first-order valence-electron chi connectivity index (χ1n) is 5.76. The highest BCUT2D eigenvalue weighted by Crippen LogP contribution is 2.34. The maximum absolute atomic E-state index is 9.65. The topological polar surface area (TPSA) is 20.2 Å². The van der Waals surface area contributed by atoms with E-state index in [9.17, 15) is 5.11 Å². The van der Waals surface area contributed by atoms with Crippen LogP contribution in [0.4, 0.5) is 0 Å². The minimum atomic E-state index is -0.508. The van der Waals surface area contributed by atoms with Crippen molar-refractivity contribution in [3.05, 3.63) is 0 Å². The number of rotatable bonds is 4. The van der Waals surface area contributed by atoms with Gasteiger partial charge in [0.1, 0.15) is 0 Å². The molecule has 0 aliphatic carbocycles. The lowest BCUT2D eigenvalue weighted by Crippen LogP contribution is -2.26. The smallest absolute Gasteiger partial charge is 0.0591 e. The number of hydrogen-bond acceptors (Lipinski definition) is 1. The Morgan fingerprint density at radius 3 is 1.71 bits per heavy atom. The van der Waals surface area contributed by atoms with Crippen LogP contribution < -0.4 is 0 Å². The van der Waals surface area contributed by atoms with E-state index in [1.54, 1.807) is 0 Å². The predicted molar refractivity (Wildman–Crippen MR) is 63.3 cm³/mol. The third-order valence-corrected chi connectivity index (χ3v) is 3.43. The van der Waals surface area contributed by atoms with E-state index in [2.05, 4.69) is 34.6 Å². The largest absolute Gasteiger partial charge is 0.390 e. The molecule has 0 saturated heterocycles. The van der Waals surface area contributed by atoms with Gasteiger partial charge in [-0.2, -0.15) is 0 Å². The Labute approximate surface area is 89.9 Å². The van der Waals surface area contributed by atoms with Crippen LogP contribution in [-0.2, 0) is 0 Å². The molecule has 1 N–H and O–H groups in total. The highest BCUT2D eigenvalue weighted by Gasteiger charge is 2.26. The second kappa shape index (κ2) is 4.65. The SMILES string of the molecule is C[C@H](CCC(C)(C)O)[C@H](C)C(C)(C)C. The molecule has 0 fully saturated rings. The van der Waals surface area contributed by atoms with Gasteiger partial charge in [-0.05, 0) is 43.9 Å². The minimum absolute atomic E-state index is 0.374. The second-order valence-electron chi connectivity index (χ2n) is 6.48. The van der Waals surface area contributed by atoms with Gasteiger partial charge in [-0.15, -0.1) is 0 Å². The van der Waals surface area contributed by atoms with Crippen molar-refractivity contribution in [3.63, 3.8) is 0 Å². The number of hydrogen-bond donors (Lipinski definition) is 1. The Balaban J connectivity index is 4.03. The lowest BCUT2D eigenvalue weighted by atomic mass is 9.73. The molecule has 0 saturated carbocycles. The first-order chi connectivity index (χ1) is 6.04. The predicted octanol–water partition coefficient (Wildman–Crippen LogP) is 3.86. The van der Waals surface area contributed by atoms with E-state index in [0.717, 1.165) is 12.8 Å². The van der Waals surface area contributed by atoms with Gasteiger partial charge in [0.25, 0.3) is 0 Å². The molecule has 0 radical (unpaired) electrons. The molecular formula is C13H28O. The van der Waals surface area contributed by atoms with Crippen molar-refractivity contribution in [2.45, 2.75) is 66.9 Å². The fraction of sp³-hybridized carbons (Fsp3) is 1.00. The van der Waals surface area contributed by atoms with Gasteiger partial charge in [0.15, 0.2) is 0 Å². The Morgan fingerprint density at radius 1 is 1.00 bits per heavy atom. The van der Waals surface area contributed by atoms with E-state index < -0.39 is 5.60 Å². The Morgan fingerprint density at radius 2 is 1.43 bits per heavy atom. The summed E-state index contributed by atoms with van der Waals surface area (Å²) in [7, 11) is 0. The Hall–Kier alpha value is -0.0400. The van der Waals surface area contributed by atoms with E-state index in [1.807, 2.05) is 13.8 Å². The molecule has 0 aromatic carbocycles. The molecule has 0 spiro atoms. The van der Waals surface area contributed by atoms with Crippen molar-refractivity contribution in [2.24, 2.45) is 17.3 Å². The molecule has 86 valence electrons. The van der Waals surface area contributed by atoms with Crippen LogP contribution in [0.25, 0.3) is 0 Å². The quantitative estimate of drug-likeness (QED) is 0.730. The van der Waals surface area contributed by atoms with Crippen molar-refractivity contribution >= 4 is 0 Å². The van der Waals surface area contributed by atoms with Gasteiger partial charge in [0.05, 0.1) is 5.60 Å². The van der Waals surface area contributed by atoms with E-state index in [0.29, 0.717) is 17.3 Å². The Bertz CT molecular complexity index is 159. The Kier molecular flexibility index (Phi) is 4.64. The molecule has 0 aliphatic heterocycles. The molecule has 0 bridgehead atoms. The molecular weight excluding hydrogens is 172 g/mol. The zero-order valence-electron chi connectivity index (χ0n) is 11.0. The first kappa shape index (κ1) is 14.0. The molecule has 0 aliphatic rings. The first-order valence-corrected chi connectivity index (χ1v) is 5.76. The standard InChI is InChI=1S/C13H28O/c1-10(8-9-13(6,7)14)11(2)12(3,4)5/h10-11,14H,8-9H2,1-7H3/t10-,11+/m1/s1. The van der Waals surface area contributed by atoms with Gasteiger partial charge in [-0.25, -0.2) is 0 Å². The maximum atomic E-state index is 9.65. The van der Waals surface area contributed by atoms with Gasteiger partial charge >= 0.3 is 0 Å². The average molecular weight is 200 g/mol. The van der Waals surface area contributed by atoms with E-state index >= 15 is 0 Å². The van der Waals surface area contributed by atoms with Crippen molar-refractivity contribution < 1.29 is 5.11 Å². The van der Waals surface area contributed by atoms with Crippen LogP contribution >= 0.6 is 0 Å². The molecule has 0 unspecified atom stereocenters. The minimum Gasteiger partial charge on any atom is -0.390 e. The maximum Gasteiger partial charge on any atom is 0.0591 e. The van der Waals surface area contributed by atoms with Gasteiger partial charge in [-0.3, -0.25) is 0 Å². The van der Waals surface area contributed by atoms with Crippen LogP contribution in [0.3, 0.4) is 0 Å². The lowest BCUT2D eigenvalue weighted by molar-refractivity contribution is 0.0556. The highest BCUT2D eigenvalue weighted by molar-refractivity contribution is 4.76. The van der Waals surface area contributed by atoms with Crippen molar-refractivity contribution in [3.8, 4) is 0 Å². The summed E-state index contributed by atoms with van der Waals surface area (Å²) in [5.41, 5.74) is -0.134. The molecule has 2 atom stereocenters. The molecule has 0 heterocycles. The van der Waals surface area contributed by atoms with Gasteiger partial charge in [0, 0.05) is 0 Å². The number of aliphatic hydroxyl groups is 1. The van der Waals surface area contributed by atoms with Crippen LogP contribution in [0.15, 0.2) is 0 Å². The third kappa shape index (κ3) is 5.64. The fourth-order valence-electron chi connectivity index (χ4n) is 1.68. The summed E-state index contributed by atoms with van der Waals surface area (Å²) in [6.45, 7) is 15.3. The second-order valence-corrected chi connectivity index (χ2v) is 6.48. The lowest BCUT2D eigenvalue weighted by Gasteiger charge is -2.33. The van der Waals surface area contributed by atoms with Gasteiger partial charge in [-0.1, -0.05) is 34.6 Å².